The minimum atomic E-state index is -2.15. The second-order valence-corrected chi connectivity index (χ2v) is 10.6. The van der Waals surface area contributed by atoms with Gasteiger partial charge >= 0.3 is 5.97 Å². The first-order valence-electron chi connectivity index (χ1n) is 12.9. The van der Waals surface area contributed by atoms with Crippen molar-refractivity contribution in [3.05, 3.63) is 110 Å². The van der Waals surface area contributed by atoms with E-state index >= 15 is 0 Å². The summed E-state index contributed by atoms with van der Waals surface area (Å²) in [6.07, 6.45) is -0.463. The summed E-state index contributed by atoms with van der Waals surface area (Å²) in [7, 11) is 0. The fourth-order valence-corrected chi connectivity index (χ4v) is 5.17. The van der Waals surface area contributed by atoms with Crippen molar-refractivity contribution < 1.29 is 23.9 Å². The standard InChI is InChI=1S/C30H24Cl2N4O6/c1-17-34-24-10-7-19(15-33-26(38)20-8-9-22(31)23(32)14-20)13-21(24)27(39)36(17)30(12-11-25(37)35-28(30)40)29(41)42-16-18-5-3-2-4-6-18/h2-10,13-14H,11-12,15-16H2,1H3,(H,33,38)(H,35,37,40)/t30-/m1/s1. The predicted octanol–water partition coefficient (Wildman–Crippen LogP) is 3.82. The number of nitrogens with one attached hydrogen (secondary N) is 2. The number of ether oxygens (including phenoxy) is 1. The van der Waals surface area contributed by atoms with Crippen molar-refractivity contribution in [2.75, 3.05) is 0 Å². The van der Waals surface area contributed by atoms with Crippen molar-refractivity contribution in [3.63, 3.8) is 0 Å². The van der Waals surface area contributed by atoms with Gasteiger partial charge in [0.1, 0.15) is 12.4 Å². The zero-order chi connectivity index (χ0) is 30.0. The number of esters is 1. The monoisotopic (exact) mass is 606 g/mol. The molecule has 4 aromatic rings. The Morgan fingerprint density at radius 3 is 2.48 bits per heavy atom. The summed E-state index contributed by atoms with van der Waals surface area (Å²) in [6, 6.07) is 18.2. The van der Waals surface area contributed by atoms with Gasteiger partial charge in [-0.15, -0.1) is 0 Å². The van der Waals surface area contributed by atoms with Gasteiger partial charge in [-0.1, -0.05) is 59.6 Å². The first kappa shape index (κ1) is 29.0. The van der Waals surface area contributed by atoms with Crippen LogP contribution < -0.4 is 16.2 Å². The summed E-state index contributed by atoms with van der Waals surface area (Å²) in [6.45, 7) is 1.42. The molecule has 42 heavy (non-hydrogen) atoms. The highest BCUT2D eigenvalue weighted by Gasteiger charge is 2.54. The van der Waals surface area contributed by atoms with Crippen LogP contribution in [-0.4, -0.2) is 33.2 Å². The number of aryl methyl sites for hydroxylation is 1. The van der Waals surface area contributed by atoms with E-state index in [0.717, 1.165) is 4.57 Å². The molecular weight excluding hydrogens is 583 g/mol. The van der Waals surface area contributed by atoms with E-state index in [-0.39, 0.29) is 42.2 Å². The van der Waals surface area contributed by atoms with Gasteiger partial charge in [0.15, 0.2) is 0 Å². The van der Waals surface area contributed by atoms with Gasteiger partial charge in [-0.25, -0.2) is 9.78 Å². The van der Waals surface area contributed by atoms with Crippen molar-refractivity contribution in [1.82, 2.24) is 20.2 Å². The molecule has 5 rings (SSSR count). The lowest BCUT2D eigenvalue weighted by Gasteiger charge is -2.35. The van der Waals surface area contributed by atoms with E-state index in [1.165, 1.54) is 31.2 Å². The molecule has 1 fully saturated rings. The van der Waals surface area contributed by atoms with E-state index in [1.807, 2.05) is 6.07 Å². The van der Waals surface area contributed by atoms with Crippen molar-refractivity contribution >= 4 is 57.8 Å². The molecule has 214 valence electrons. The Hall–Kier alpha value is -4.54. The summed E-state index contributed by atoms with van der Waals surface area (Å²) >= 11 is 11.9. The maximum Gasteiger partial charge on any atom is 0.342 e. The van der Waals surface area contributed by atoms with Crippen LogP contribution in [0, 0.1) is 6.92 Å². The molecular formula is C30H24Cl2N4O6. The van der Waals surface area contributed by atoms with Crippen LogP contribution in [0.3, 0.4) is 0 Å². The maximum absolute atomic E-state index is 14.0. The Balaban J connectivity index is 1.50. The Bertz CT molecular complexity index is 1810. The summed E-state index contributed by atoms with van der Waals surface area (Å²) in [5.74, 6) is -2.82. The molecule has 1 saturated heterocycles. The van der Waals surface area contributed by atoms with Crippen LogP contribution in [0.15, 0.2) is 71.5 Å². The van der Waals surface area contributed by atoms with Crippen molar-refractivity contribution in [3.8, 4) is 0 Å². The maximum atomic E-state index is 14.0. The van der Waals surface area contributed by atoms with Crippen LogP contribution in [-0.2, 0) is 37.8 Å². The van der Waals surface area contributed by atoms with Gasteiger partial charge in [-0.2, -0.15) is 0 Å². The summed E-state index contributed by atoms with van der Waals surface area (Å²) in [4.78, 5) is 70.1. The van der Waals surface area contributed by atoms with E-state index in [2.05, 4.69) is 15.6 Å². The number of piperidine rings is 1. The third kappa shape index (κ3) is 5.50. The van der Waals surface area contributed by atoms with E-state index in [0.29, 0.717) is 27.2 Å². The molecule has 2 N–H and O–H groups in total. The molecule has 1 aliphatic heterocycles. The number of carbonyl (C=O) groups excluding carboxylic acids is 4. The van der Waals surface area contributed by atoms with Crippen LogP contribution in [0.5, 0.6) is 0 Å². The Morgan fingerprint density at radius 1 is 1.00 bits per heavy atom. The molecule has 1 atom stereocenters. The van der Waals surface area contributed by atoms with E-state index < -0.39 is 34.8 Å². The number of amides is 3. The highest BCUT2D eigenvalue weighted by Crippen LogP contribution is 2.30. The van der Waals surface area contributed by atoms with Gasteiger partial charge < -0.3 is 10.1 Å². The molecule has 2 heterocycles. The minimum absolute atomic E-state index is 0.0571. The fraction of sp³-hybridized carbons (Fsp3) is 0.200. The SMILES string of the molecule is Cc1nc2ccc(CNC(=O)c3ccc(Cl)c(Cl)c3)cc2c(=O)n1[C@]1(C(=O)OCc2ccccc2)CCC(=O)NC1=O. The van der Waals surface area contributed by atoms with Crippen molar-refractivity contribution in [2.45, 2.75) is 38.5 Å². The lowest BCUT2D eigenvalue weighted by atomic mass is 9.87. The summed E-state index contributed by atoms with van der Waals surface area (Å²) in [5.41, 5.74) is -0.942. The smallest absolute Gasteiger partial charge is 0.342 e. The number of benzene rings is 3. The molecule has 1 aliphatic rings. The van der Waals surface area contributed by atoms with E-state index in [1.54, 1.807) is 36.4 Å². The molecule has 0 bridgehead atoms. The zero-order valence-electron chi connectivity index (χ0n) is 22.3. The Labute approximate surface area is 249 Å². The van der Waals surface area contributed by atoms with Gasteiger partial charge in [0.2, 0.25) is 11.4 Å². The van der Waals surface area contributed by atoms with Gasteiger partial charge in [-0.05, 0) is 54.8 Å². The van der Waals surface area contributed by atoms with Crippen molar-refractivity contribution in [1.29, 1.82) is 0 Å². The van der Waals surface area contributed by atoms with Crippen LogP contribution in [0.4, 0.5) is 0 Å². The number of carbonyl (C=O) groups is 4. The third-order valence-electron chi connectivity index (χ3n) is 7.01. The van der Waals surface area contributed by atoms with Crippen molar-refractivity contribution in [2.24, 2.45) is 0 Å². The molecule has 0 saturated carbocycles. The molecule has 0 spiro atoms. The number of rotatable bonds is 7. The van der Waals surface area contributed by atoms with Crippen LogP contribution in [0.25, 0.3) is 10.9 Å². The molecule has 0 unspecified atom stereocenters. The Morgan fingerprint density at radius 2 is 1.76 bits per heavy atom. The molecule has 3 amide bonds. The van der Waals surface area contributed by atoms with E-state index in [9.17, 15) is 24.0 Å². The lowest BCUT2D eigenvalue weighted by Crippen LogP contribution is -2.62. The van der Waals surface area contributed by atoms with Crippen LogP contribution in [0.2, 0.25) is 10.0 Å². The highest BCUT2D eigenvalue weighted by molar-refractivity contribution is 6.42. The van der Waals surface area contributed by atoms with Gasteiger partial charge in [0.25, 0.3) is 17.4 Å². The largest absolute Gasteiger partial charge is 0.459 e. The molecule has 10 nitrogen and oxygen atoms in total. The number of aromatic nitrogens is 2. The number of nitrogens with zero attached hydrogens (tertiary/aromatic N) is 2. The Kier molecular flexibility index (Phi) is 8.11. The second kappa shape index (κ2) is 11.8. The lowest BCUT2D eigenvalue weighted by molar-refractivity contribution is -0.164. The minimum Gasteiger partial charge on any atom is -0.459 e. The molecule has 3 aromatic carbocycles. The quantitative estimate of drug-likeness (QED) is 0.185. The second-order valence-electron chi connectivity index (χ2n) is 9.76. The first-order valence-corrected chi connectivity index (χ1v) is 13.7. The zero-order valence-corrected chi connectivity index (χ0v) is 23.8. The normalized spacial score (nSPS) is 16.6. The molecule has 0 radical (unpaired) electrons. The number of fused-ring (bicyclic) bond motifs is 1. The van der Waals surface area contributed by atoms with Gasteiger partial charge in [0, 0.05) is 18.5 Å². The first-order chi connectivity index (χ1) is 20.1. The van der Waals surface area contributed by atoms with Crippen LogP contribution >= 0.6 is 23.2 Å². The third-order valence-corrected chi connectivity index (χ3v) is 7.75. The number of hydrogen-bond donors (Lipinski definition) is 2. The number of halogens is 2. The molecule has 12 heteroatoms. The highest BCUT2D eigenvalue weighted by atomic mass is 35.5. The number of imide groups is 1. The van der Waals surface area contributed by atoms with Crippen LogP contribution in [0.1, 0.15) is 40.2 Å². The predicted molar refractivity (Wildman–Crippen MR) is 155 cm³/mol. The topological polar surface area (TPSA) is 136 Å². The average Bonchev–Trinajstić information content (AvgIpc) is 2.98. The summed E-state index contributed by atoms with van der Waals surface area (Å²) < 4.78 is 6.54. The van der Waals surface area contributed by atoms with E-state index in [4.69, 9.17) is 27.9 Å². The van der Waals surface area contributed by atoms with Gasteiger partial charge in [-0.3, -0.25) is 29.1 Å². The van der Waals surface area contributed by atoms with Gasteiger partial charge in [0.05, 0.1) is 20.9 Å². The summed E-state index contributed by atoms with van der Waals surface area (Å²) in [5, 5.41) is 5.62. The molecule has 1 aromatic heterocycles. The molecule has 0 aliphatic carbocycles. The average molecular weight is 607 g/mol. The fourth-order valence-electron chi connectivity index (χ4n) is 4.87. The number of hydrogen-bond acceptors (Lipinski definition) is 7.